The van der Waals surface area contributed by atoms with Gasteiger partial charge in [0.2, 0.25) is 12.0 Å². The van der Waals surface area contributed by atoms with Crippen molar-refractivity contribution in [3.63, 3.8) is 0 Å². The summed E-state index contributed by atoms with van der Waals surface area (Å²) in [6.07, 6.45) is -0.489. The van der Waals surface area contributed by atoms with Crippen LogP contribution in [0, 0.1) is 6.92 Å². The molecule has 0 saturated heterocycles. The molecular formula is C20H19N3O5S. The Hall–Kier alpha value is -3.20. The molecule has 0 unspecified atom stereocenters. The second-order valence-corrected chi connectivity index (χ2v) is 7.24. The van der Waals surface area contributed by atoms with Crippen LogP contribution in [0.25, 0.3) is 0 Å². The fraction of sp³-hybridized carbons (Fsp3) is 0.250. The van der Waals surface area contributed by atoms with Crippen LogP contribution in [-0.4, -0.2) is 35.6 Å². The number of aryl methyl sites for hydroxylation is 1. The van der Waals surface area contributed by atoms with E-state index >= 15 is 0 Å². The number of anilines is 1. The van der Waals surface area contributed by atoms with Crippen molar-refractivity contribution in [3.8, 4) is 17.2 Å². The van der Waals surface area contributed by atoms with E-state index in [2.05, 4.69) is 15.5 Å². The van der Waals surface area contributed by atoms with Crippen molar-refractivity contribution in [3.05, 3.63) is 53.9 Å². The maximum absolute atomic E-state index is 12.3. The zero-order valence-corrected chi connectivity index (χ0v) is 16.7. The lowest BCUT2D eigenvalue weighted by Gasteiger charge is -2.23. The molecule has 4 rings (SSSR count). The minimum Gasteiger partial charge on any atom is -0.495 e. The first kappa shape index (κ1) is 19.1. The van der Waals surface area contributed by atoms with Crippen molar-refractivity contribution in [1.29, 1.82) is 0 Å². The first-order valence-electron chi connectivity index (χ1n) is 8.91. The first-order chi connectivity index (χ1) is 14.1. The molecule has 1 amide bonds. The highest BCUT2D eigenvalue weighted by atomic mass is 32.2. The third kappa shape index (κ3) is 4.45. The van der Waals surface area contributed by atoms with Crippen LogP contribution in [0.5, 0.6) is 17.2 Å². The zero-order chi connectivity index (χ0) is 20.2. The smallest absolute Gasteiger partial charge is 0.277 e. The third-order valence-corrected chi connectivity index (χ3v) is 4.98. The van der Waals surface area contributed by atoms with E-state index in [1.165, 1.54) is 0 Å². The van der Waals surface area contributed by atoms with Gasteiger partial charge in [0.05, 0.1) is 18.6 Å². The Bertz CT molecular complexity index is 1020. The highest BCUT2D eigenvalue weighted by Crippen LogP contribution is 2.36. The van der Waals surface area contributed by atoms with Crippen LogP contribution < -0.4 is 19.5 Å². The number of aromatic nitrogens is 2. The fourth-order valence-electron chi connectivity index (χ4n) is 2.78. The zero-order valence-electron chi connectivity index (χ0n) is 15.9. The van der Waals surface area contributed by atoms with Gasteiger partial charge in [-0.15, -0.1) is 10.2 Å². The summed E-state index contributed by atoms with van der Waals surface area (Å²) in [6, 6.07) is 13.0. The Morgan fingerprint density at radius 3 is 2.90 bits per heavy atom. The summed E-state index contributed by atoms with van der Waals surface area (Å²) in [4.78, 5) is 12.3. The molecular weight excluding hydrogens is 394 g/mol. The summed E-state index contributed by atoms with van der Waals surface area (Å²) >= 11 is 1.15. The molecule has 0 bridgehead atoms. The number of carbonyl (C=O) groups excluding carboxylic acids is 1. The average Bonchev–Trinajstić information content (AvgIpc) is 3.21. The molecule has 1 N–H and O–H groups in total. The normalized spacial score (nSPS) is 15.0. The van der Waals surface area contributed by atoms with Crippen molar-refractivity contribution in [1.82, 2.24) is 10.2 Å². The van der Waals surface area contributed by atoms with Gasteiger partial charge in [0.25, 0.3) is 11.1 Å². The molecule has 0 fully saturated rings. The number of thioether (sulfide) groups is 1. The molecule has 2 heterocycles. The largest absolute Gasteiger partial charge is 0.495 e. The van der Waals surface area contributed by atoms with E-state index in [0.29, 0.717) is 28.8 Å². The summed E-state index contributed by atoms with van der Waals surface area (Å²) in [5.41, 5.74) is 1.64. The monoisotopic (exact) mass is 413 g/mol. The summed E-state index contributed by atoms with van der Waals surface area (Å²) in [7, 11) is 1.56. The number of amides is 1. The Morgan fingerprint density at radius 2 is 2.07 bits per heavy atom. The molecule has 3 aromatic rings. The second kappa shape index (κ2) is 8.44. The molecule has 0 aliphatic carbocycles. The van der Waals surface area contributed by atoms with E-state index in [-0.39, 0.29) is 23.5 Å². The predicted octanol–water partition coefficient (Wildman–Crippen LogP) is 3.63. The quantitative estimate of drug-likeness (QED) is 0.612. The fourth-order valence-corrected chi connectivity index (χ4v) is 3.35. The maximum atomic E-state index is 12.3. The lowest BCUT2D eigenvalue weighted by Crippen LogP contribution is -2.21. The van der Waals surface area contributed by atoms with Crippen molar-refractivity contribution in [2.45, 2.75) is 18.3 Å². The van der Waals surface area contributed by atoms with Crippen LogP contribution in [0.3, 0.4) is 0 Å². The molecule has 0 spiro atoms. The van der Waals surface area contributed by atoms with E-state index in [9.17, 15) is 4.79 Å². The third-order valence-electron chi connectivity index (χ3n) is 4.16. The van der Waals surface area contributed by atoms with Gasteiger partial charge >= 0.3 is 0 Å². The number of fused-ring (bicyclic) bond motifs is 1. The number of rotatable bonds is 6. The molecule has 9 heteroatoms. The van der Waals surface area contributed by atoms with Gasteiger partial charge in [-0.25, -0.2) is 0 Å². The maximum Gasteiger partial charge on any atom is 0.277 e. The van der Waals surface area contributed by atoms with Gasteiger partial charge in [-0.3, -0.25) is 4.79 Å². The Morgan fingerprint density at radius 1 is 1.24 bits per heavy atom. The predicted molar refractivity (Wildman–Crippen MR) is 107 cm³/mol. The number of para-hydroxylation sites is 2. The highest BCUT2D eigenvalue weighted by Gasteiger charge is 2.27. The molecule has 0 radical (unpaired) electrons. The lowest BCUT2D eigenvalue weighted by atomic mass is 10.2. The van der Waals surface area contributed by atoms with E-state index in [0.717, 1.165) is 17.3 Å². The van der Waals surface area contributed by atoms with E-state index in [1.54, 1.807) is 7.11 Å². The van der Waals surface area contributed by atoms with Crippen molar-refractivity contribution < 1.29 is 23.4 Å². The number of hydrogen-bond donors (Lipinski definition) is 1. The summed E-state index contributed by atoms with van der Waals surface area (Å²) in [5, 5.41) is 11.1. The number of ether oxygens (including phenoxy) is 3. The van der Waals surface area contributed by atoms with Crippen LogP contribution in [-0.2, 0) is 4.79 Å². The van der Waals surface area contributed by atoms with Crippen LogP contribution in [0.4, 0.5) is 5.69 Å². The van der Waals surface area contributed by atoms with Crippen LogP contribution in [0.1, 0.15) is 17.6 Å². The summed E-state index contributed by atoms with van der Waals surface area (Å²) in [5.74, 6) is 2.13. The van der Waals surface area contributed by atoms with Gasteiger partial charge in [0, 0.05) is 0 Å². The van der Waals surface area contributed by atoms with Crippen molar-refractivity contribution in [2.75, 3.05) is 24.8 Å². The molecule has 1 aliphatic heterocycles. The second-order valence-electron chi connectivity index (χ2n) is 6.31. The number of nitrogens with zero attached hydrogens (tertiary/aromatic N) is 2. The van der Waals surface area contributed by atoms with Gasteiger partial charge < -0.3 is 23.9 Å². The van der Waals surface area contributed by atoms with Gasteiger partial charge in [-0.2, -0.15) is 0 Å². The number of nitrogens with one attached hydrogen (secondary N) is 1. The molecule has 1 aliphatic rings. The van der Waals surface area contributed by atoms with Gasteiger partial charge in [-0.1, -0.05) is 30.0 Å². The number of carbonyl (C=O) groups is 1. The van der Waals surface area contributed by atoms with E-state index < -0.39 is 6.10 Å². The molecule has 8 nitrogen and oxygen atoms in total. The summed E-state index contributed by atoms with van der Waals surface area (Å²) < 4.78 is 22.4. The van der Waals surface area contributed by atoms with Crippen LogP contribution in [0.2, 0.25) is 0 Å². The summed E-state index contributed by atoms with van der Waals surface area (Å²) in [6.45, 7) is 2.22. The topological polar surface area (TPSA) is 95.7 Å². The lowest BCUT2D eigenvalue weighted by molar-refractivity contribution is -0.113. The minimum absolute atomic E-state index is 0.115. The van der Waals surface area contributed by atoms with Crippen molar-refractivity contribution in [2.24, 2.45) is 0 Å². The number of hydrogen-bond acceptors (Lipinski definition) is 8. The van der Waals surface area contributed by atoms with E-state index in [4.69, 9.17) is 18.6 Å². The average molecular weight is 413 g/mol. The minimum atomic E-state index is -0.489. The molecule has 1 atom stereocenters. The standard InChI is InChI=1S/C20H19N3O5S/c1-12-7-8-14(25-2)13(9-12)21-18(24)11-29-20-23-22-19(28-20)17-10-26-15-5-3-4-6-16(15)27-17/h3-9,17H,10-11H2,1-2H3,(H,21,24)/t17-/m0/s1. The van der Waals surface area contributed by atoms with E-state index in [1.807, 2.05) is 49.4 Å². The Balaban J connectivity index is 1.34. The highest BCUT2D eigenvalue weighted by molar-refractivity contribution is 7.99. The SMILES string of the molecule is COc1ccc(C)cc1NC(=O)CSc1nnc([C@@H]2COc3ccccc3O2)o1. The van der Waals surface area contributed by atoms with Crippen LogP contribution >= 0.6 is 11.8 Å². The first-order valence-corrected chi connectivity index (χ1v) is 9.90. The number of benzene rings is 2. The van der Waals surface area contributed by atoms with Gasteiger partial charge in [-0.05, 0) is 36.8 Å². The Labute approximate surface area is 171 Å². The Kier molecular flexibility index (Phi) is 5.57. The van der Waals surface area contributed by atoms with Gasteiger partial charge in [0.15, 0.2) is 11.5 Å². The number of methoxy groups -OCH3 is 1. The van der Waals surface area contributed by atoms with Crippen LogP contribution in [0.15, 0.2) is 52.1 Å². The van der Waals surface area contributed by atoms with Crippen molar-refractivity contribution >= 4 is 23.4 Å². The van der Waals surface area contributed by atoms with Gasteiger partial charge in [0.1, 0.15) is 12.4 Å². The molecule has 0 saturated carbocycles. The molecule has 150 valence electrons. The molecule has 2 aromatic carbocycles. The molecule has 1 aromatic heterocycles. The molecule has 29 heavy (non-hydrogen) atoms.